The van der Waals surface area contributed by atoms with Gasteiger partial charge in [-0.15, -0.1) is 0 Å². The van der Waals surface area contributed by atoms with Crippen molar-refractivity contribution in [3.8, 4) is 0 Å². The molecular weight excluding hydrogens is 286 g/mol. The summed E-state index contributed by atoms with van der Waals surface area (Å²) in [5.74, 6) is 0. The topological polar surface area (TPSA) is 60.7 Å². The van der Waals surface area contributed by atoms with E-state index < -0.39 is 8.60 Å². The summed E-state index contributed by atoms with van der Waals surface area (Å²) in [6.07, 6.45) is 0. The molecule has 0 fully saturated rings. The molecule has 0 rings (SSSR count). The molecule has 5 heavy (non-hydrogen) atoms. The summed E-state index contributed by atoms with van der Waals surface area (Å²) in [5, 5.41) is 0. The molecule has 0 aliphatic rings. The van der Waals surface area contributed by atoms with E-state index in [1.54, 1.807) is 0 Å². The molecule has 0 bridgehead atoms. The molecule has 3 N–H and O–H groups in total. The van der Waals surface area contributed by atoms with E-state index in [1.165, 1.54) is 0 Å². The molecule has 0 spiro atoms. The molecule has 0 heterocycles. The monoisotopic (exact) mass is 292 g/mol. The summed E-state index contributed by atoms with van der Waals surface area (Å²) >= 11 is 0. The molecule has 0 aromatic carbocycles. The molecule has 0 aromatic heterocycles. The molecule has 2 radical (unpaired) electrons. The van der Waals surface area contributed by atoms with Crippen molar-refractivity contribution in [2.75, 3.05) is 0 Å². The average Bonchev–Trinajstić information content (AvgIpc) is 0.811. The van der Waals surface area contributed by atoms with Gasteiger partial charge < -0.3 is 14.7 Å². The molecule has 0 unspecified atom stereocenters. The minimum atomic E-state index is -2.62. The molecule has 5 heteroatoms. The first-order valence-corrected chi connectivity index (χ1v) is 1.80. The first-order chi connectivity index (χ1) is 1.73. The van der Waals surface area contributed by atoms with Crippen molar-refractivity contribution < 1.29 is 14.7 Å². The van der Waals surface area contributed by atoms with E-state index >= 15 is 0 Å². The summed E-state index contributed by atoms with van der Waals surface area (Å²) in [5.41, 5.74) is 0. The molecule has 32 valence electrons. The zero-order chi connectivity index (χ0) is 3.58. The maximum absolute atomic E-state index is 7.23. The molecule has 0 atom stereocenters. The second-order valence-electron chi connectivity index (χ2n) is 0.268. The Kier molecular flexibility index (Phi) is 9.97. The van der Waals surface area contributed by atoms with Crippen molar-refractivity contribution in [1.29, 1.82) is 0 Å². The first kappa shape index (κ1) is 9.53. The summed E-state index contributed by atoms with van der Waals surface area (Å²) in [4.78, 5) is 21.7. The van der Waals surface area contributed by atoms with E-state index in [0.717, 1.165) is 0 Å². The van der Waals surface area contributed by atoms with E-state index in [4.69, 9.17) is 14.7 Å². The Morgan fingerprint density at radius 1 is 1.00 bits per heavy atom. The third kappa shape index (κ3) is 36.0. The van der Waals surface area contributed by atoms with Gasteiger partial charge in [-0.1, -0.05) is 0 Å². The third-order valence-electron chi connectivity index (χ3n) is 0. The Morgan fingerprint density at radius 2 is 1.00 bits per heavy atom. The van der Waals surface area contributed by atoms with E-state index in [9.17, 15) is 0 Å². The summed E-state index contributed by atoms with van der Waals surface area (Å²) in [6, 6.07) is 0. The number of rotatable bonds is 0. The Balaban J connectivity index is 0. The molecule has 0 aliphatic heterocycles. The van der Waals surface area contributed by atoms with Crippen LogP contribution in [0.5, 0.6) is 0 Å². The van der Waals surface area contributed by atoms with E-state index in [1.807, 2.05) is 0 Å². The quantitative estimate of drug-likeness (QED) is 0.367. The van der Waals surface area contributed by atoms with Gasteiger partial charge in [0.15, 0.2) is 0 Å². The van der Waals surface area contributed by atoms with Crippen LogP contribution in [0, 0.1) is 0 Å². The van der Waals surface area contributed by atoms with Crippen LogP contribution >= 0.6 is 8.60 Å². The molecule has 0 amide bonds. The van der Waals surface area contributed by atoms with Crippen LogP contribution in [0.15, 0.2) is 0 Å². The van der Waals surface area contributed by atoms with Crippen LogP contribution in [0.25, 0.3) is 0 Å². The predicted molar refractivity (Wildman–Crippen MR) is 22.1 cm³/mol. The summed E-state index contributed by atoms with van der Waals surface area (Å²) < 4.78 is 0. The Hall–Kier alpha value is 1.23. The Labute approximate surface area is 50.8 Å². The van der Waals surface area contributed by atoms with E-state index in [0.29, 0.717) is 0 Å². The summed E-state index contributed by atoms with van der Waals surface area (Å²) in [6.45, 7) is 0. The van der Waals surface area contributed by atoms with Gasteiger partial charge in [0.1, 0.15) is 0 Å². The number of hydrogen-bond acceptors (Lipinski definition) is 3. The van der Waals surface area contributed by atoms with Gasteiger partial charge >= 0.3 is 35.9 Å². The predicted octanol–water partition coefficient (Wildman–Crippen LogP) is -1.73. The van der Waals surface area contributed by atoms with Gasteiger partial charge in [0, 0.05) is 0 Å². The minimum absolute atomic E-state index is 0. The zero-order valence-corrected chi connectivity index (χ0v) is 8.89. The van der Waals surface area contributed by atoms with Gasteiger partial charge in [0.2, 0.25) is 0 Å². The van der Waals surface area contributed by atoms with Crippen LogP contribution in [0.3, 0.4) is 0 Å². The van der Waals surface area contributed by atoms with Crippen molar-refractivity contribution >= 4 is 35.9 Å². The summed E-state index contributed by atoms with van der Waals surface area (Å²) in [7, 11) is -2.62. The fourth-order valence-corrected chi connectivity index (χ4v) is 0. The Morgan fingerprint density at radius 3 is 1.00 bits per heavy atom. The van der Waals surface area contributed by atoms with Gasteiger partial charge in [-0.25, -0.2) is 0 Å². The van der Waals surface area contributed by atoms with Crippen LogP contribution in [0.2, 0.25) is 0 Å². The van der Waals surface area contributed by atoms with Crippen LogP contribution in [0.1, 0.15) is 0 Å². The van der Waals surface area contributed by atoms with E-state index in [-0.39, 0.29) is 27.3 Å². The second kappa shape index (κ2) is 5.23. The van der Waals surface area contributed by atoms with Crippen molar-refractivity contribution in [2.45, 2.75) is 0 Å². The fourth-order valence-electron chi connectivity index (χ4n) is 0. The molecule has 0 aliphatic carbocycles. The van der Waals surface area contributed by atoms with Crippen LogP contribution in [0.4, 0.5) is 0 Å². The van der Waals surface area contributed by atoms with Gasteiger partial charge in [-0.2, -0.15) is 0 Å². The molecule has 0 saturated carbocycles. The van der Waals surface area contributed by atoms with Gasteiger partial charge in [-0.3, -0.25) is 0 Å². The average molecular weight is 291 g/mol. The second-order valence-corrected chi connectivity index (χ2v) is 0.805. The first-order valence-electron chi connectivity index (χ1n) is 0.600. The van der Waals surface area contributed by atoms with Crippen LogP contribution < -0.4 is 0 Å². The fraction of sp³-hybridized carbons (Fsp3) is 0. The SMILES string of the molecule is OP(O)O.[PbH2]. The normalized spacial score (nSPS) is 7.20. The van der Waals surface area contributed by atoms with E-state index in [2.05, 4.69) is 0 Å². The molecule has 3 nitrogen and oxygen atoms in total. The van der Waals surface area contributed by atoms with Gasteiger partial charge in [-0.05, 0) is 0 Å². The standard InChI is InChI=1S/H3O3P.Pb.2H/c1-4(2)3;;;/h1-3H;;;. The van der Waals surface area contributed by atoms with Crippen molar-refractivity contribution in [3.63, 3.8) is 0 Å². The van der Waals surface area contributed by atoms with Crippen LogP contribution in [-0.2, 0) is 0 Å². The zero-order valence-electron chi connectivity index (χ0n) is 2.50. The van der Waals surface area contributed by atoms with Crippen molar-refractivity contribution in [1.82, 2.24) is 0 Å². The van der Waals surface area contributed by atoms with Crippen LogP contribution in [-0.4, -0.2) is 42.0 Å². The molecule has 0 aromatic rings. The Bertz CT molecular complexity index is 11.6. The third-order valence-corrected chi connectivity index (χ3v) is 0. The van der Waals surface area contributed by atoms with Gasteiger partial charge in [0.25, 0.3) is 0 Å². The van der Waals surface area contributed by atoms with Crippen molar-refractivity contribution in [2.24, 2.45) is 0 Å². The maximum atomic E-state index is 7.23. The molecular formula is H5O3PPb. The number of hydrogen-bond donors (Lipinski definition) is 3. The van der Waals surface area contributed by atoms with Crippen molar-refractivity contribution in [3.05, 3.63) is 0 Å². The van der Waals surface area contributed by atoms with Gasteiger partial charge in [0.05, 0.1) is 0 Å². The molecule has 0 saturated heterocycles.